The third-order valence-electron chi connectivity index (χ3n) is 7.18. The Bertz CT molecular complexity index is 1460. The Balaban J connectivity index is 1.73. The molecule has 2 aromatic rings. The zero-order chi connectivity index (χ0) is 32.7. The van der Waals surface area contributed by atoms with Crippen molar-refractivity contribution in [1.29, 1.82) is 0 Å². The molecule has 0 saturated carbocycles. The summed E-state index contributed by atoms with van der Waals surface area (Å²) in [5.74, 6) is -3.38. The zero-order valence-electron chi connectivity index (χ0n) is 26.0. The fraction of sp³-hybridized carbons (Fsp3) is 0.452. The van der Waals surface area contributed by atoms with Crippen LogP contribution in [0.1, 0.15) is 67.5 Å². The molecule has 0 bridgehead atoms. The molecular weight excluding hydrogens is 572 g/mol. The average Bonchev–Trinajstić information content (AvgIpc) is 3.44. The SMILES string of the molecule is CCN(CC)CCNC(=O)c1c(C)[nH]c(/C=C2\C(=O)Nc3ccc(OC(=O)C(C)OC(=O)C(C)OC(=O)C(C)O)cc32)c1C. The summed E-state index contributed by atoms with van der Waals surface area (Å²) in [4.78, 5) is 67.6. The number of carbonyl (C=O) groups excluding carboxylic acids is 5. The lowest BCUT2D eigenvalue weighted by Crippen LogP contribution is -2.35. The second-order valence-electron chi connectivity index (χ2n) is 10.4. The van der Waals surface area contributed by atoms with Gasteiger partial charge in [-0.15, -0.1) is 0 Å². The number of anilines is 1. The highest BCUT2D eigenvalue weighted by Crippen LogP contribution is 2.36. The van der Waals surface area contributed by atoms with Crippen LogP contribution in [0.15, 0.2) is 18.2 Å². The first-order chi connectivity index (χ1) is 20.8. The van der Waals surface area contributed by atoms with Gasteiger partial charge in [0.1, 0.15) is 11.9 Å². The zero-order valence-corrected chi connectivity index (χ0v) is 26.0. The Morgan fingerprint density at radius 2 is 1.64 bits per heavy atom. The van der Waals surface area contributed by atoms with E-state index >= 15 is 0 Å². The number of esters is 3. The van der Waals surface area contributed by atoms with Crippen LogP contribution in [0, 0.1) is 13.8 Å². The van der Waals surface area contributed by atoms with Gasteiger partial charge in [0.05, 0.1) is 11.1 Å². The molecule has 3 atom stereocenters. The highest BCUT2D eigenvalue weighted by molar-refractivity contribution is 6.35. The van der Waals surface area contributed by atoms with Gasteiger partial charge in [0, 0.05) is 35.7 Å². The molecular formula is C31H40N4O9. The number of nitrogens with zero attached hydrogens (tertiary/aromatic N) is 1. The van der Waals surface area contributed by atoms with Gasteiger partial charge in [0.2, 0.25) is 0 Å². The predicted octanol–water partition coefficient (Wildman–Crippen LogP) is 2.35. The number of likely N-dealkylation sites (N-methyl/N-ethyl adjacent to an activating group) is 1. The van der Waals surface area contributed by atoms with E-state index in [2.05, 4.69) is 34.4 Å². The fourth-order valence-electron chi connectivity index (χ4n) is 4.57. The number of H-pyrrole nitrogens is 1. The van der Waals surface area contributed by atoms with Crippen LogP contribution in [0.4, 0.5) is 5.69 Å². The molecule has 13 heteroatoms. The number of hydrogen-bond donors (Lipinski definition) is 4. The van der Waals surface area contributed by atoms with E-state index in [9.17, 15) is 29.1 Å². The van der Waals surface area contributed by atoms with Gasteiger partial charge >= 0.3 is 17.9 Å². The van der Waals surface area contributed by atoms with Crippen molar-refractivity contribution in [2.45, 2.75) is 66.8 Å². The molecule has 0 fully saturated rings. The summed E-state index contributed by atoms with van der Waals surface area (Å²) in [6.07, 6.45) is -2.48. The maximum absolute atomic E-state index is 13.0. The van der Waals surface area contributed by atoms with E-state index in [1.807, 2.05) is 0 Å². The summed E-state index contributed by atoms with van der Waals surface area (Å²) in [6.45, 7) is 14.5. The fourth-order valence-corrected chi connectivity index (χ4v) is 4.57. The number of aryl methyl sites for hydroxylation is 1. The topological polar surface area (TPSA) is 176 Å². The number of aromatic amines is 1. The first-order valence-corrected chi connectivity index (χ1v) is 14.4. The number of benzene rings is 1. The van der Waals surface area contributed by atoms with Crippen LogP contribution in [0.3, 0.4) is 0 Å². The van der Waals surface area contributed by atoms with Gasteiger partial charge in [-0.3, -0.25) is 9.59 Å². The molecule has 44 heavy (non-hydrogen) atoms. The molecule has 3 unspecified atom stereocenters. The number of rotatable bonds is 13. The number of hydrogen-bond acceptors (Lipinski definition) is 10. The molecule has 0 spiro atoms. The van der Waals surface area contributed by atoms with Crippen molar-refractivity contribution in [3.05, 3.63) is 46.3 Å². The van der Waals surface area contributed by atoms with Crippen molar-refractivity contribution in [2.24, 2.45) is 0 Å². The Kier molecular flexibility index (Phi) is 11.4. The number of aromatic nitrogens is 1. The molecule has 4 N–H and O–H groups in total. The van der Waals surface area contributed by atoms with Crippen LogP contribution in [-0.4, -0.2) is 89.2 Å². The number of amides is 2. The van der Waals surface area contributed by atoms with Crippen molar-refractivity contribution < 1.29 is 43.3 Å². The lowest BCUT2D eigenvalue weighted by atomic mass is 10.0. The van der Waals surface area contributed by atoms with Crippen LogP contribution < -0.4 is 15.4 Å². The minimum atomic E-state index is -1.42. The van der Waals surface area contributed by atoms with E-state index in [1.54, 1.807) is 26.0 Å². The molecule has 0 saturated heterocycles. The Labute approximate surface area is 255 Å². The summed E-state index contributed by atoms with van der Waals surface area (Å²) >= 11 is 0. The number of nitrogens with one attached hydrogen (secondary N) is 3. The Morgan fingerprint density at radius 1 is 1.00 bits per heavy atom. The number of aliphatic hydroxyl groups is 1. The van der Waals surface area contributed by atoms with E-state index in [1.165, 1.54) is 32.9 Å². The summed E-state index contributed by atoms with van der Waals surface area (Å²) in [5.41, 5.74) is 3.71. The van der Waals surface area contributed by atoms with E-state index in [4.69, 9.17) is 14.2 Å². The van der Waals surface area contributed by atoms with Crippen LogP contribution in [0.25, 0.3) is 11.6 Å². The molecule has 13 nitrogen and oxygen atoms in total. The molecule has 2 amide bonds. The smallest absolute Gasteiger partial charge is 0.352 e. The highest BCUT2D eigenvalue weighted by Gasteiger charge is 2.29. The Morgan fingerprint density at radius 3 is 2.27 bits per heavy atom. The molecule has 2 heterocycles. The maximum atomic E-state index is 13.0. The maximum Gasteiger partial charge on any atom is 0.352 e. The number of carbonyl (C=O) groups is 5. The molecule has 0 aliphatic carbocycles. The second-order valence-corrected chi connectivity index (χ2v) is 10.4. The average molecular weight is 613 g/mol. The van der Waals surface area contributed by atoms with Gasteiger partial charge in [-0.25, -0.2) is 14.4 Å². The minimum Gasteiger partial charge on any atom is -0.449 e. The molecule has 1 aromatic heterocycles. The molecule has 0 radical (unpaired) electrons. The van der Waals surface area contributed by atoms with Crippen molar-refractivity contribution in [1.82, 2.24) is 15.2 Å². The van der Waals surface area contributed by atoms with E-state index < -0.39 is 36.2 Å². The standard InChI is InChI=1S/C31H40N4O9/c1-8-35(9-2)13-12-32-28(38)26-16(3)25(33-17(26)4)15-23-22-14-21(10-11-24(22)34-27(23)37)44-31(41)20(7)43-30(40)19(6)42-29(39)18(5)36/h10-11,14-15,18-20,33,36H,8-9,12-13H2,1-7H3,(H,32,38)(H,34,37)/b23-15-. The summed E-state index contributed by atoms with van der Waals surface area (Å²) < 4.78 is 15.2. The van der Waals surface area contributed by atoms with Crippen LogP contribution >= 0.6 is 0 Å². The summed E-state index contributed by atoms with van der Waals surface area (Å²) in [7, 11) is 0. The molecule has 1 aliphatic rings. The normalized spacial score (nSPS) is 15.3. The van der Waals surface area contributed by atoms with Crippen LogP contribution in [0.5, 0.6) is 5.75 Å². The van der Waals surface area contributed by atoms with E-state index in [-0.39, 0.29) is 17.6 Å². The van der Waals surface area contributed by atoms with Gasteiger partial charge < -0.3 is 39.8 Å². The third kappa shape index (κ3) is 8.11. The van der Waals surface area contributed by atoms with Gasteiger partial charge in [-0.1, -0.05) is 13.8 Å². The van der Waals surface area contributed by atoms with Crippen molar-refractivity contribution in [3.8, 4) is 5.75 Å². The summed E-state index contributed by atoms with van der Waals surface area (Å²) in [6, 6.07) is 4.56. The monoisotopic (exact) mass is 612 g/mol. The van der Waals surface area contributed by atoms with Crippen molar-refractivity contribution in [2.75, 3.05) is 31.5 Å². The first kappa shape index (κ1) is 34.0. The number of fused-ring (bicyclic) bond motifs is 1. The highest BCUT2D eigenvalue weighted by atomic mass is 16.6. The van der Waals surface area contributed by atoms with Crippen LogP contribution in [0.2, 0.25) is 0 Å². The molecule has 1 aromatic carbocycles. The van der Waals surface area contributed by atoms with E-state index in [0.29, 0.717) is 45.9 Å². The lowest BCUT2D eigenvalue weighted by Gasteiger charge is -2.18. The van der Waals surface area contributed by atoms with Gasteiger partial charge in [-0.05, 0) is 77.5 Å². The van der Waals surface area contributed by atoms with Gasteiger partial charge in [0.25, 0.3) is 11.8 Å². The van der Waals surface area contributed by atoms with Gasteiger partial charge in [-0.2, -0.15) is 0 Å². The summed E-state index contributed by atoms with van der Waals surface area (Å²) in [5, 5.41) is 15.0. The second kappa shape index (κ2) is 14.8. The molecule has 3 rings (SSSR count). The predicted molar refractivity (Wildman–Crippen MR) is 162 cm³/mol. The van der Waals surface area contributed by atoms with Crippen LogP contribution in [-0.2, 0) is 28.7 Å². The number of ether oxygens (including phenoxy) is 3. The van der Waals surface area contributed by atoms with Crippen molar-refractivity contribution >= 4 is 47.1 Å². The van der Waals surface area contributed by atoms with E-state index in [0.717, 1.165) is 19.6 Å². The van der Waals surface area contributed by atoms with Crippen molar-refractivity contribution in [3.63, 3.8) is 0 Å². The third-order valence-corrected chi connectivity index (χ3v) is 7.18. The quantitative estimate of drug-likeness (QED) is 0.149. The molecule has 1 aliphatic heterocycles. The van der Waals surface area contributed by atoms with Gasteiger partial charge in [0.15, 0.2) is 12.2 Å². The first-order valence-electron chi connectivity index (χ1n) is 14.4. The minimum absolute atomic E-state index is 0.0975. The number of aliphatic hydroxyl groups excluding tert-OH is 1. The Hall–Kier alpha value is -4.49. The largest absolute Gasteiger partial charge is 0.449 e. The lowest BCUT2D eigenvalue weighted by molar-refractivity contribution is -0.177. The molecule has 238 valence electrons.